The third-order valence-electron chi connectivity index (χ3n) is 6.29. The Morgan fingerprint density at radius 3 is 2.24 bits per heavy atom. The van der Waals surface area contributed by atoms with Crippen LogP contribution in [0, 0.1) is 0 Å². The largest absolute Gasteiger partial charge is 0.493 e. The van der Waals surface area contributed by atoms with E-state index in [1.807, 2.05) is 0 Å². The fourth-order valence-electron chi connectivity index (χ4n) is 4.40. The van der Waals surface area contributed by atoms with Gasteiger partial charge in [0.2, 0.25) is 5.75 Å². The summed E-state index contributed by atoms with van der Waals surface area (Å²) in [7, 11) is 4.61. The van der Waals surface area contributed by atoms with E-state index in [2.05, 4.69) is 58.7 Å². The minimum atomic E-state index is -0.167. The number of anilines is 1. The lowest BCUT2D eigenvalue weighted by Gasteiger charge is -2.30. The van der Waals surface area contributed by atoms with Crippen LogP contribution in [-0.2, 0) is 19.4 Å². The number of nitrogens with one attached hydrogen (secondary N) is 1. The normalized spacial score (nSPS) is 12.6. The van der Waals surface area contributed by atoms with Crippen molar-refractivity contribution in [1.82, 2.24) is 5.32 Å². The maximum absolute atomic E-state index is 12.6. The number of rotatable bonds is 9. The molecule has 1 aliphatic rings. The Hall–Kier alpha value is -3.67. The van der Waals surface area contributed by atoms with Gasteiger partial charge in [-0.15, -0.1) is 0 Å². The van der Waals surface area contributed by atoms with Gasteiger partial charge >= 0.3 is 0 Å². The van der Waals surface area contributed by atoms with Gasteiger partial charge < -0.3 is 24.4 Å². The van der Waals surface area contributed by atoms with Gasteiger partial charge in [0.15, 0.2) is 11.5 Å². The first kappa shape index (κ1) is 23.5. The number of benzene rings is 3. The van der Waals surface area contributed by atoms with Crippen LogP contribution in [0.3, 0.4) is 0 Å². The Labute approximate surface area is 201 Å². The molecule has 0 spiro atoms. The van der Waals surface area contributed by atoms with Crippen LogP contribution in [0.25, 0.3) is 0 Å². The quantitative estimate of drug-likeness (QED) is 0.472. The fourth-order valence-corrected chi connectivity index (χ4v) is 4.40. The van der Waals surface area contributed by atoms with E-state index in [-0.39, 0.29) is 5.91 Å². The molecule has 0 atom stereocenters. The zero-order valence-corrected chi connectivity index (χ0v) is 20.1. The maximum Gasteiger partial charge on any atom is 0.251 e. The van der Waals surface area contributed by atoms with Crippen molar-refractivity contribution in [3.63, 3.8) is 0 Å². The topological polar surface area (TPSA) is 60.0 Å². The molecule has 178 valence electrons. The molecule has 0 radical (unpaired) electrons. The average molecular weight is 461 g/mol. The zero-order chi connectivity index (χ0) is 23.9. The summed E-state index contributed by atoms with van der Waals surface area (Å²) < 4.78 is 16.0. The molecule has 0 bridgehead atoms. The fraction of sp³-hybridized carbons (Fsp3) is 0.321. The van der Waals surface area contributed by atoms with Gasteiger partial charge in [0.05, 0.1) is 21.3 Å². The monoisotopic (exact) mass is 460 g/mol. The van der Waals surface area contributed by atoms with E-state index >= 15 is 0 Å². The van der Waals surface area contributed by atoms with E-state index in [1.165, 1.54) is 43.7 Å². The standard InChI is InChI=1S/C28H32N2O4/c1-32-25-17-23(18-26(33-2)27(25)34-3)28(31)29-15-6-7-20-10-12-24(13-11-20)30-16-14-21-8-4-5-9-22(21)19-30/h4-5,8-13,17-18H,6-7,14-16,19H2,1-3H3,(H,29,31). The number of methoxy groups -OCH3 is 3. The van der Waals surface area contributed by atoms with Crippen molar-refractivity contribution in [1.29, 1.82) is 0 Å². The number of amides is 1. The summed E-state index contributed by atoms with van der Waals surface area (Å²) in [6.45, 7) is 2.59. The molecule has 1 heterocycles. The first-order valence-electron chi connectivity index (χ1n) is 11.6. The lowest BCUT2D eigenvalue weighted by molar-refractivity contribution is 0.0952. The molecule has 4 rings (SSSR count). The average Bonchev–Trinajstić information content (AvgIpc) is 2.90. The van der Waals surface area contributed by atoms with Gasteiger partial charge in [0.1, 0.15) is 0 Å². The van der Waals surface area contributed by atoms with Crippen LogP contribution in [0.4, 0.5) is 5.69 Å². The Balaban J connectivity index is 1.28. The van der Waals surface area contributed by atoms with Gasteiger partial charge in [0.25, 0.3) is 5.91 Å². The molecule has 0 unspecified atom stereocenters. The molecule has 6 heteroatoms. The molecule has 0 saturated carbocycles. The number of hydrogen-bond acceptors (Lipinski definition) is 5. The van der Waals surface area contributed by atoms with Gasteiger partial charge in [-0.25, -0.2) is 0 Å². The Bertz CT molecular complexity index is 1100. The van der Waals surface area contributed by atoms with Crippen LogP contribution in [0.2, 0.25) is 0 Å². The van der Waals surface area contributed by atoms with Crippen molar-refractivity contribution in [2.24, 2.45) is 0 Å². The third kappa shape index (κ3) is 5.28. The minimum absolute atomic E-state index is 0.167. The number of hydrogen-bond donors (Lipinski definition) is 1. The van der Waals surface area contributed by atoms with E-state index in [1.54, 1.807) is 12.1 Å². The van der Waals surface area contributed by atoms with Crippen LogP contribution in [0.5, 0.6) is 17.2 Å². The molecule has 1 N–H and O–H groups in total. The highest BCUT2D eigenvalue weighted by Crippen LogP contribution is 2.38. The predicted molar refractivity (Wildman–Crippen MR) is 134 cm³/mol. The van der Waals surface area contributed by atoms with Crippen LogP contribution in [0.1, 0.15) is 33.5 Å². The second-order valence-electron chi connectivity index (χ2n) is 8.38. The number of carbonyl (C=O) groups excluding carboxylic acids is 1. The van der Waals surface area contributed by atoms with Gasteiger partial charge in [-0.2, -0.15) is 0 Å². The lowest BCUT2D eigenvalue weighted by atomic mass is 9.99. The number of carbonyl (C=O) groups is 1. The predicted octanol–water partition coefficient (Wildman–Crippen LogP) is 4.64. The Morgan fingerprint density at radius 2 is 1.59 bits per heavy atom. The number of fused-ring (bicyclic) bond motifs is 1. The summed E-state index contributed by atoms with van der Waals surface area (Å²) in [5.74, 6) is 1.23. The molecular formula is C28H32N2O4. The highest BCUT2D eigenvalue weighted by Gasteiger charge is 2.17. The summed E-state index contributed by atoms with van der Waals surface area (Å²) in [6.07, 6.45) is 2.84. The molecule has 0 aromatic heterocycles. The Kier molecular flexibility index (Phi) is 7.58. The van der Waals surface area contributed by atoms with Gasteiger partial charge in [-0.05, 0) is 60.2 Å². The molecule has 0 fully saturated rings. The molecule has 1 aliphatic heterocycles. The van der Waals surface area contributed by atoms with Gasteiger partial charge in [-0.1, -0.05) is 36.4 Å². The van der Waals surface area contributed by atoms with Crippen LogP contribution < -0.4 is 24.4 Å². The molecule has 3 aromatic rings. The van der Waals surface area contributed by atoms with Crippen molar-refractivity contribution < 1.29 is 19.0 Å². The summed E-state index contributed by atoms with van der Waals surface area (Å²) in [4.78, 5) is 15.1. The molecular weight excluding hydrogens is 428 g/mol. The second kappa shape index (κ2) is 11.0. The van der Waals surface area contributed by atoms with E-state index in [9.17, 15) is 4.79 Å². The molecule has 1 amide bonds. The Morgan fingerprint density at radius 1 is 0.912 bits per heavy atom. The molecule has 34 heavy (non-hydrogen) atoms. The molecule has 0 aliphatic carbocycles. The number of ether oxygens (including phenoxy) is 3. The highest BCUT2D eigenvalue weighted by molar-refractivity contribution is 5.95. The lowest BCUT2D eigenvalue weighted by Crippen LogP contribution is -2.30. The van der Waals surface area contributed by atoms with Crippen molar-refractivity contribution in [2.75, 3.05) is 39.3 Å². The summed E-state index contributed by atoms with van der Waals surface area (Å²) in [6, 6.07) is 20.8. The van der Waals surface area contributed by atoms with E-state index < -0.39 is 0 Å². The van der Waals surface area contributed by atoms with Crippen molar-refractivity contribution in [3.8, 4) is 17.2 Å². The van der Waals surface area contributed by atoms with E-state index in [0.29, 0.717) is 29.4 Å². The third-order valence-corrected chi connectivity index (χ3v) is 6.29. The smallest absolute Gasteiger partial charge is 0.251 e. The second-order valence-corrected chi connectivity index (χ2v) is 8.38. The van der Waals surface area contributed by atoms with Crippen LogP contribution in [0.15, 0.2) is 60.7 Å². The summed E-state index contributed by atoms with van der Waals surface area (Å²) >= 11 is 0. The first-order chi connectivity index (χ1) is 16.6. The molecule has 6 nitrogen and oxygen atoms in total. The van der Waals surface area contributed by atoms with Crippen molar-refractivity contribution >= 4 is 11.6 Å². The zero-order valence-electron chi connectivity index (χ0n) is 20.1. The maximum atomic E-state index is 12.6. The number of nitrogens with zero attached hydrogens (tertiary/aromatic N) is 1. The van der Waals surface area contributed by atoms with E-state index in [0.717, 1.165) is 32.4 Å². The highest BCUT2D eigenvalue weighted by atomic mass is 16.5. The van der Waals surface area contributed by atoms with Crippen molar-refractivity contribution in [2.45, 2.75) is 25.8 Å². The number of aryl methyl sites for hydroxylation is 1. The summed E-state index contributed by atoms with van der Waals surface area (Å²) in [5, 5.41) is 2.98. The van der Waals surface area contributed by atoms with Gasteiger partial charge in [-0.3, -0.25) is 4.79 Å². The first-order valence-corrected chi connectivity index (χ1v) is 11.6. The van der Waals surface area contributed by atoms with Crippen molar-refractivity contribution in [3.05, 3.63) is 82.9 Å². The minimum Gasteiger partial charge on any atom is -0.493 e. The van der Waals surface area contributed by atoms with Crippen LogP contribution >= 0.6 is 0 Å². The van der Waals surface area contributed by atoms with Crippen LogP contribution in [-0.4, -0.2) is 40.3 Å². The molecule has 3 aromatic carbocycles. The molecule has 0 saturated heterocycles. The summed E-state index contributed by atoms with van der Waals surface area (Å²) in [5.41, 5.74) is 5.88. The van der Waals surface area contributed by atoms with Gasteiger partial charge in [0, 0.05) is 30.9 Å². The van der Waals surface area contributed by atoms with E-state index in [4.69, 9.17) is 14.2 Å². The SMILES string of the molecule is COc1cc(C(=O)NCCCc2ccc(N3CCc4ccccc4C3)cc2)cc(OC)c1OC.